The normalized spacial score (nSPS) is 8.67. The van der Waals surface area contributed by atoms with E-state index in [9.17, 15) is 0 Å². The molecule has 1 N–H and O–H groups in total. The maximum absolute atomic E-state index is 8.21. The van der Waals surface area contributed by atoms with Gasteiger partial charge in [-0.1, -0.05) is 0 Å². The van der Waals surface area contributed by atoms with Gasteiger partial charge in [0.05, 0.1) is 0 Å². The lowest BCUT2D eigenvalue weighted by molar-refractivity contribution is 0.329. The van der Waals surface area contributed by atoms with Crippen LogP contribution in [-0.4, -0.2) is 10.1 Å². The summed E-state index contributed by atoms with van der Waals surface area (Å²) in [6, 6.07) is 0. The zero-order chi connectivity index (χ0) is 4.41. The molecule has 0 fully saturated rings. The maximum atomic E-state index is 8.21. The lowest BCUT2D eigenvalue weighted by atomic mass is 10.9. The van der Waals surface area contributed by atoms with Crippen molar-refractivity contribution in [2.24, 2.45) is 0 Å². The molecular weight excluding hydrogens is 82.0 g/mol. The lowest BCUT2D eigenvalue weighted by Gasteiger charge is -1.66. The van der Waals surface area contributed by atoms with Crippen LogP contribution in [-0.2, 0) is 0 Å². The van der Waals surface area contributed by atoms with Crippen LogP contribution in [0.1, 0.15) is 0 Å². The molecule has 0 spiro atoms. The Hall–Kier alpha value is -0.990. The first-order valence-corrected chi connectivity index (χ1v) is 1.40. The second-order valence-corrected chi connectivity index (χ2v) is 0.790. The second kappa shape index (κ2) is 1.01. The van der Waals surface area contributed by atoms with Crippen molar-refractivity contribution in [1.82, 2.24) is 4.98 Å². The van der Waals surface area contributed by atoms with Crippen LogP contribution in [0.4, 0.5) is 0 Å². The highest BCUT2D eigenvalue weighted by Gasteiger charge is 1.82. The summed E-state index contributed by atoms with van der Waals surface area (Å²) in [7, 11) is 0. The van der Waals surface area contributed by atoms with E-state index in [4.69, 9.17) is 5.11 Å². The number of hydrogen-bond donors (Lipinski definition) is 1. The average molecular weight is 84.1 g/mol. The molecule has 0 amide bonds. The molecule has 1 heterocycles. The van der Waals surface area contributed by atoms with Crippen LogP contribution < -0.4 is 0 Å². The minimum Gasteiger partial charge on any atom is -0.480 e. The van der Waals surface area contributed by atoms with Gasteiger partial charge in [0.15, 0.2) is 0 Å². The van der Waals surface area contributed by atoms with E-state index in [2.05, 4.69) is 15.8 Å². The van der Waals surface area contributed by atoms with Gasteiger partial charge >= 0.3 is 5.95 Å². The molecule has 0 aliphatic heterocycles. The van der Waals surface area contributed by atoms with Crippen LogP contribution in [0.2, 0.25) is 0 Å². The highest BCUT2D eigenvalue weighted by Crippen LogP contribution is 2.00. The number of aromatic hydroxyl groups is 1. The number of aromatic nitrogens is 1. The Morgan fingerprint density at radius 2 is 2.83 bits per heavy atom. The number of nitrogens with zero attached hydrogens (tertiary/aromatic N) is 1. The molecule has 3 nitrogen and oxygen atoms in total. The third kappa shape index (κ3) is 0.337. The Labute approximate surface area is 34.2 Å². The summed E-state index contributed by atoms with van der Waals surface area (Å²) >= 11 is 0. The van der Waals surface area contributed by atoms with E-state index in [1.165, 1.54) is 6.20 Å². The van der Waals surface area contributed by atoms with E-state index >= 15 is 0 Å². The number of oxazole rings is 1. The van der Waals surface area contributed by atoms with Crippen molar-refractivity contribution in [3.8, 4) is 5.95 Å². The summed E-state index contributed by atoms with van der Waals surface area (Å²) in [4.78, 5) is 3.28. The minimum atomic E-state index is -0.199. The maximum Gasteiger partial charge on any atom is 0.303 e. The Morgan fingerprint density at radius 1 is 2.00 bits per heavy atom. The first-order valence-electron chi connectivity index (χ1n) is 1.40. The Morgan fingerprint density at radius 3 is 3.00 bits per heavy atom. The Balaban J connectivity index is 3.05. The number of rotatable bonds is 0. The van der Waals surface area contributed by atoms with Gasteiger partial charge in [0, 0.05) is 0 Å². The summed E-state index contributed by atoms with van der Waals surface area (Å²) in [5, 5.41) is 8.21. The van der Waals surface area contributed by atoms with Crippen LogP contribution in [0, 0.1) is 6.39 Å². The van der Waals surface area contributed by atoms with Gasteiger partial charge in [-0.05, 0) is 0 Å². The number of hydrogen-bond acceptors (Lipinski definition) is 3. The molecule has 0 aliphatic carbocycles. The van der Waals surface area contributed by atoms with Crippen LogP contribution in [0.3, 0.4) is 0 Å². The monoisotopic (exact) mass is 84.0 g/mol. The zero-order valence-electron chi connectivity index (χ0n) is 2.88. The Kier molecular flexibility index (Phi) is 0.538. The zero-order valence-corrected chi connectivity index (χ0v) is 2.88. The molecule has 0 aromatic carbocycles. The molecule has 0 unspecified atom stereocenters. The van der Waals surface area contributed by atoms with Gasteiger partial charge in [-0.25, -0.2) is 4.98 Å². The topological polar surface area (TPSA) is 46.3 Å². The van der Waals surface area contributed by atoms with Gasteiger partial charge in [-0.3, -0.25) is 0 Å². The van der Waals surface area contributed by atoms with Crippen LogP contribution >= 0.6 is 0 Å². The van der Waals surface area contributed by atoms with E-state index < -0.39 is 0 Å². The van der Waals surface area contributed by atoms with Gasteiger partial charge < -0.3 is 9.52 Å². The van der Waals surface area contributed by atoms with Gasteiger partial charge in [-0.2, -0.15) is 0 Å². The van der Waals surface area contributed by atoms with Gasteiger partial charge in [0.1, 0.15) is 6.20 Å². The first kappa shape index (κ1) is 3.21. The molecule has 1 rings (SSSR count). The average Bonchev–Trinajstić information content (AvgIpc) is 1.86. The highest BCUT2D eigenvalue weighted by atomic mass is 16.5. The van der Waals surface area contributed by atoms with Crippen molar-refractivity contribution in [3.05, 3.63) is 12.6 Å². The van der Waals surface area contributed by atoms with Crippen LogP contribution in [0.25, 0.3) is 0 Å². The summed E-state index contributed by atoms with van der Waals surface area (Å²) in [5.41, 5.74) is 0. The van der Waals surface area contributed by atoms with Gasteiger partial charge in [-0.15, -0.1) is 0 Å². The quantitative estimate of drug-likeness (QED) is 0.487. The molecule has 31 valence electrons. The third-order valence-corrected chi connectivity index (χ3v) is 0.378. The molecule has 0 atom stereocenters. The molecule has 3 heteroatoms. The Bertz CT molecular complexity index is 112. The highest BCUT2D eigenvalue weighted by molar-refractivity contribution is 4.89. The predicted molar refractivity (Wildman–Crippen MR) is 17.0 cm³/mol. The van der Waals surface area contributed by atoms with Crippen molar-refractivity contribution < 1.29 is 9.52 Å². The molecule has 0 saturated heterocycles. The second-order valence-electron chi connectivity index (χ2n) is 0.790. The molecule has 1 aromatic heterocycles. The summed E-state index contributed by atoms with van der Waals surface area (Å²) < 4.78 is 4.15. The largest absolute Gasteiger partial charge is 0.480 e. The fraction of sp³-hybridized carbons (Fsp3) is 0. The van der Waals surface area contributed by atoms with Crippen molar-refractivity contribution in [2.75, 3.05) is 0 Å². The van der Waals surface area contributed by atoms with Crippen molar-refractivity contribution in [3.63, 3.8) is 0 Å². The van der Waals surface area contributed by atoms with Crippen molar-refractivity contribution in [2.45, 2.75) is 0 Å². The van der Waals surface area contributed by atoms with E-state index in [0.717, 1.165) is 0 Å². The van der Waals surface area contributed by atoms with Crippen LogP contribution in [0.15, 0.2) is 10.6 Å². The van der Waals surface area contributed by atoms with Crippen molar-refractivity contribution in [1.29, 1.82) is 0 Å². The van der Waals surface area contributed by atoms with E-state index in [1.807, 2.05) is 0 Å². The van der Waals surface area contributed by atoms with E-state index in [0.29, 0.717) is 0 Å². The molecule has 0 bridgehead atoms. The van der Waals surface area contributed by atoms with Gasteiger partial charge in [0.25, 0.3) is 6.39 Å². The molecule has 0 saturated carbocycles. The summed E-state index contributed by atoms with van der Waals surface area (Å²) in [6.07, 6.45) is 3.22. The SMILES string of the molecule is Oc1cn[c]o1. The molecule has 1 radical (unpaired) electrons. The smallest absolute Gasteiger partial charge is 0.303 e. The van der Waals surface area contributed by atoms with E-state index in [-0.39, 0.29) is 5.95 Å². The third-order valence-electron chi connectivity index (χ3n) is 0.378. The first-order chi connectivity index (χ1) is 2.89. The fourth-order valence-corrected chi connectivity index (χ4v) is 0.181. The van der Waals surface area contributed by atoms with Gasteiger partial charge in [0.2, 0.25) is 0 Å². The molecular formula is C3H2NO2. The molecule has 1 aromatic rings. The predicted octanol–water partition coefficient (Wildman–Crippen LogP) is 0.180. The minimum absolute atomic E-state index is 0.199. The lowest BCUT2D eigenvalue weighted by Crippen LogP contribution is -1.44. The summed E-state index contributed by atoms with van der Waals surface area (Å²) in [5.74, 6) is -0.199. The molecule has 0 aliphatic rings. The standard InChI is InChI=1S/C3H2NO2/c5-3-1-4-2-6-3/h1,5H. The fourth-order valence-electron chi connectivity index (χ4n) is 0.181. The summed E-state index contributed by atoms with van der Waals surface area (Å²) in [6.45, 7) is 0. The van der Waals surface area contributed by atoms with Crippen molar-refractivity contribution >= 4 is 0 Å². The van der Waals surface area contributed by atoms with E-state index in [1.54, 1.807) is 0 Å². The molecule has 6 heavy (non-hydrogen) atoms. The van der Waals surface area contributed by atoms with Crippen LogP contribution in [0.5, 0.6) is 5.95 Å².